The number of carbonyl (C=O) groups excluding carboxylic acids is 2. The molecule has 0 atom stereocenters. The van der Waals surface area contributed by atoms with Crippen molar-refractivity contribution in [3.8, 4) is 5.75 Å². The molecule has 10 heteroatoms. The van der Waals surface area contributed by atoms with Crippen molar-refractivity contribution < 1.29 is 23.1 Å². The molecule has 0 aromatic heterocycles. The fraction of sp³-hybridized carbons (Fsp3) is 0.269. The summed E-state index contributed by atoms with van der Waals surface area (Å²) in [6.07, 6.45) is 0. The Labute approximate surface area is 212 Å². The molecule has 2 aliphatic heterocycles. The molecule has 3 aromatic rings. The first-order valence-corrected chi connectivity index (χ1v) is 12.0. The van der Waals surface area contributed by atoms with Gasteiger partial charge in [0.2, 0.25) is 0 Å². The number of halogens is 2. The molecule has 0 radical (unpaired) electrons. The Balaban J connectivity index is 1.15. The molecule has 186 valence electrons. The van der Waals surface area contributed by atoms with E-state index in [1.807, 2.05) is 29.2 Å². The molecule has 1 N–H and O–H groups in total. The molecule has 5 rings (SSSR count). The molecular weight excluding hydrogens is 486 g/mol. The molecule has 0 saturated carbocycles. The molecule has 0 spiro atoms. The number of amides is 2. The van der Waals surface area contributed by atoms with Crippen LogP contribution in [-0.2, 0) is 0 Å². The van der Waals surface area contributed by atoms with E-state index in [2.05, 4.69) is 15.0 Å². The first-order valence-electron chi connectivity index (χ1n) is 11.6. The maximum absolute atomic E-state index is 13.1. The second-order valence-corrected chi connectivity index (χ2v) is 9.02. The van der Waals surface area contributed by atoms with Gasteiger partial charge < -0.3 is 15.0 Å². The van der Waals surface area contributed by atoms with Gasteiger partial charge in [-0.15, -0.1) is 0 Å². The van der Waals surface area contributed by atoms with Crippen molar-refractivity contribution in [1.82, 2.24) is 14.7 Å². The minimum atomic E-state index is -2.89. The Kier molecular flexibility index (Phi) is 6.80. The summed E-state index contributed by atoms with van der Waals surface area (Å²) in [7, 11) is 0. The number of nitrogens with one attached hydrogen (secondary N) is 1. The maximum atomic E-state index is 13.1. The number of anilines is 1. The van der Waals surface area contributed by atoms with Crippen LogP contribution in [0.4, 0.5) is 14.5 Å². The summed E-state index contributed by atoms with van der Waals surface area (Å²) in [5.74, 6) is -0.457. The highest BCUT2D eigenvalue weighted by Gasteiger charge is 2.33. The molecule has 2 heterocycles. The van der Waals surface area contributed by atoms with Crippen molar-refractivity contribution in [3.05, 3.63) is 71.8 Å². The van der Waals surface area contributed by atoms with Crippen LogP contribution in [0.1, 0.15) is 20.7 Å². The van der Waals surface area contributed by atoms with Gasteiger partial charge in [-0.25, -0.2) is 0 Å². The van der Waals surface area contributed by atoms with Crippen LogP contribution in [0.15, 0.2) is 60.7 Å². The zero-order valence-electron chi connectivity index (χ0n) is 19.3. The molecule has 0 bridgehead atoms. The van der Waals surface area contributed by atoms with Gasteiger partial charge in [0.05, 0.1) is 0 Å². The zero-order valence-corrected chi connectivity index (χ0v) is 20.1. The lowest BCUT2D eigenvalue weighted by Crippen LogP contribution is -2.52. The van der Waals surface area contributed by atoms with E-state index in [1.165, 1.54) is 17.0 Å². The average molecular weight is 511 g/mol. The molecule has 0 unspecified atom stereocenters. The fourth-order valence-corrected chi connectivity index (χ4v) is 4.95. The summed E-state index contributed by atoms with van der Waals surface area (Å²) in [5.41, 5.74) is 1.69. The van der Waals surface area contributed by atoms with Gasteiger partial charge in [0.1, 0.15) is 5.75 Å². The van der Waals surface area contributed by atoms with Crippen LogP contribution in [0.25, 0.3) is 10.8 Å². The van der Waals surface area contributed by atoms with E-state index >= 15 is 0 Å². The van der Waals surface area contributed by atoms with Crippen LogP contribution in [0.5, 0.6) is 5.75 Å². The van der Waals surface area contributed by atoms with E-state index in [4.69, 9.17) is 12.2 Å². The van der Waals surface area contributed by atoms with E-state index in [1.54, 1.807) is 24.3 Å². The third-order valence-corrected chi connectivity index (χ3v) is 6.83. The normalized spacial score (nSPS) is 16.1. The highest BCUT2D eigenvalue weighted by Crippen LogP contribution is 2.30. The molecule has 1 fully saturated rings. The first kappa shape index (κ1) is 24.1. The van der Waals surface area contributed by atoms with E-state index in [9.17, 15) is 18.4 Å². The summed E-state index contributed by atoms with van der Waals surface area (Å²) >= 11 is 5.50. The van der Waals surface area contributed by atoms with Crippen LogP contribution in [0.2, 0.25) is 0 Å². The molecule has 2 amide bonds. The number of imide groups is 1. The lowest BCUT2D eigenvalue weighted by molar-refractivity contribution is -0.0498. The molecule has 7 nitrogen and oxygen atoms in total. The third kappa shape index (κ3) is 4.87. The number of carbonyl (C=O) groups is 2. The highest BCUT2D eigenvalue weighted by molar-refractivity contribution is 7.80. The summed E-state index contributed by atoms with van der Waals surface area (Å²) in [6, 6.07) is 17.3. The molecule has 36 heavy (non-hydrogen) atoms. The van der Waals surface area contributed by atoms with Gasteiger partial charge >= 0.3 is 6.61 Å². The van der Waals surface area contributed by atoms with Gasteiger partial charge in [0.25, 0.3) is 11.8 Å². The lowest BCUT2D eigenvalue weighted by Gasteiger charge is -2.37. The number of alkyl halides is 2. The molecule has 3 aromatic carbocycles. The Hall–Kier alpha value is -3.63. The van der Waals surface area contributed by atoms with E-state index in [-0.39, 0.29) is 17.6 Å². The monoisotopic (exact) mass is 510 g/mol. The predicted octanol–water partition coefficient (Wildman–Crippen LogP) is 4.05. The van der Waals surface area contributed by atoms with Gasteiger partial charge in [0.15, 0.2) is 5.11 Å². The van der Waals surface area contributed by atoms with E-state index in [0.717, 1.165) is 10.8 Å². The Morgan fingerprint density at radius 3 is 2.19 bits per heavy atom. The maximum Gasteiger partial charge on any atom is 0.387 e. The van der Waals surface area contributed by atoms with Gasteiger partial charge in [0, 0.05) is 67.5 Å². The zero-order chi connectivity index (χ0) is 25.2. The Morgan fingerprint density at radius 2 is 1.56 bits per heavy atom. The number of hydrogen-bond donors (Lipinski definition) is 1. The third-order valence-electron chi connectivity index (χ3n) is 6.47. The summed E-state index contributed by atoms with van der Waals surface area (Å²) < 4.78 is 29.4. The molecule has 1 saturated heterocycles. The van der Waals surface area contributed by atoms with Crippen molar-refractivity contribution in [2.45, 2.75) is 6.61 Å². The molecular formula is C26H24F2N4O3S. The number of rotatable bonds is 6. The van der Waals surface area contributed by atoms with E-state index in [0.29, 0.717) is 61.2 Å². The smallest absolute Gasteiger partial charge is 0.387 e. The second kappa shape index (κ2) is 10.2. The Morgan fingerprint density at radius 1 is 0.917 bits per heavy atom. The van der Waals surface area contributed by atoms with Gasteiger partial charge in [-0.2, -0.15) is 8.78 Å². The number of hydrogen-bond acceptors (Lipinski definition) is 5. The SMILES string of the molecule is O=C1c2cccc3cccc(c23)C(=O)N1CCN1CCN(C(=S)Nc2cccc(OC(F)F)c2)CC1. The second-order valence-electron chi connectivity index (χ2n) is 8.64. The standard InChI is InChI=1S/C26H24F2N4O3S/c27-25(28)35-19-7-3-6-18(16-19)29-26(36)31-13-10-30(11-14-31)12-15-32-23(33)20-8-1-4-17-5-2-9-21(22(17)20)24(32)34/h1-9,16,25H,10-15H2,(H,29,36). The predicted molar refractivity (Wildman–Crippen MR) is 137 cm³/mol. The number of nitrogens with zero attached hydrogens (tertiary/aromatic N) is 3. The van der Waals surface area contributed by atoms with Gasteiger partial charge in [-0.1, -0.05) is 30.3 Å². The number of piperazine rings is 1. The number of thiocarbonyl (C=S) groups is 1. The van der Waals surface area contributed by atoms with Crippen LogP contribution >= 0.6 is 12.2 Å². The largest absolute Gasteiger partial charge is 0.435 e. The molecule has 0 aliphatic carbocycles. The minimum absolute atomic E-state index is 0.0586. The van der Waals surface area contributed by atoms with E-state index < -0.39 is 6.61 Å². The topological polar surface area (TPSA) is 65.1 Å². The summed E-state index contributed by atoms with van der Waals surface area (Å²) in [6.45, 7) is 0.710. The van der Waals surface area contributed by atoms with Crippen LogP contribution in [0, 0.1) is 0 Å². The Bertz CT molecular complexity index is 1280. The van der Waals surface area contributed by atoms with Crippen molar-refractivity contribution in [2.75, 3.05) is 44.6 Å². The van der Waals surface area contributed by atoms with Crippen LogP contribution in [0.3, 0.4) is 0 Å². The number of benzene rings is 3. The quantitative estimate of drug-likeness (QED) is 0.397. The average Bonchev–Trinajstić information content (AvgIpc) is 2.87. The highest BCUT2D eigenvalue weighted by atomic mass is 32.1. The number of ether oxygens (including phenoxy) is 1. The molecule has 2 aliphatic rings. The van der Waals surface area contributed by atoms with Crippen molar-refractivity contribution in [2.24, 2.45) is 0 Å². The van der Waals surface area contributed by atoms with Gasteiger partial charge in [-0.05, 0) is 41.9 Å². The van der Waals surface area contributed by atoms with Gasteiger partial charge in [-0.3, -0.25) is 19.4 Å². The summed E-state index contributed by atoms with van der Waals surface area (Å²) in [5, 5.41) is 5.18. The van der Waals surface area contributed by atoms with Crippen LogP contribution < -0.4 is 10.1 Å². The first-order chi connectivity index (χ1) is 17.4. The minimum Gasteiger partial charge on any atom is -0.435 e. The van der Waals surface area contributed by atoms with Crippen molar-refractivity contribution in [3.63, 3.8) is 0 Å². The lowest BCUT2D eigenvalue weighted by atomic mass is 9.94. The van der Waals surface area contributed by atoms with Crippen molar-refractivity contribution >= 4 is 45.6 Å². The summed E-state index contributed by atoms with van der Waals surface area (Å²) in [4.78, 5) is 31.7. The van der Waals surface area contributed by atoms with Crippen molar-refractivity contribution in [1.29, 1.82) is 0 Å². The van der Waals surface area contributed by atoms with Crippen LogP contribution in [-0.4, -0.2) is 77.5 Å². The fourth-order valence-electron chi connectivity index (χ4n) is 4.65.